The predicted octanol–water partition coefficient (Wildman–Crippen LogP) is 2.89. The quantitative estimate of drug-likeness (QED) is 0.795. The zero-order valence-corrected chi connectivity index (χ0v) is 11.5. The maximum atomic E-state index is 11.8. The molecule has 4 heteroatoms. The van der Waals surface area contributed by atoms with Crippen molar-refractivity contribution in [2.75, 3.05) is 0 Å². The fourth-order valence-electron chi connectivity index (χ4n) is 1.68. The molecule has 0 fully saturated rings. The van der Waals surface area contributed by atoms with E-state index in [4.69, 9.17) is 4.74 Å². The molecule has 0 bridgehead atoms. The summed E-state index contributed by atoms with van der Waals surface area (Å²) in [5.74, 6) is -0.390. The summed E-state index contributed by atoms with van der Waals surface area (Å²) in [6.07, 6.45) is 3.35. The van der Waals surface area contributed by atoms with Crippen LogP contribution in [0.15, 0.2) is 42.9 Å². The topological polar surface area (TPSA) is 44.1 Å². The number of hydrogen-bond donors (Lipinski definition) is 0. The van der Waals surface area contributed by atoms with Crippen LogP contribution in [0.2, 0.25) is 0 Å². The van der Waals surface area contributed by atoms with Gasteiger partial charge < -0.3 is 9.30 Å². The summed E-state index contributed by atoms with van der Waals surface area (Å²) in [4.78, 5) is 15.9. The van der Waals surface area contributed by atoms with Gasteiger partial charge in [0.25, 0.3) is 0 Å². The number of aromatic nitrogens is 2. The second kappa shape index (κ2) is 5.26. The lowest BCUT2D eigenvalue weighted by Crippen LogP contribution is -2.24. The summed E-state index contributed by atoms with van der Waals surface area (Å²) < 4.78 is 7.14. The van der Waals surface area contributed by atoms with E-state index in [2.05, 4.69) is 4.98 Å². The van der Waals surface area contributed by atoms with Gasteiger partial charge in [0.15, 0.2) is 5.69 Å². The number of ether oxygens (including phenoxy) is 1. The van der Waals surface area contributed by atoms with Gasteiger partial charge in [-0.3, -0.25) is 0 Å². The lowest BCUT2D eigenvalue weighted by molar-refractivity contribution is 0.00633. The van der Waals surface area contributed by atoms with Crippen LogP contribution in [0.1, 0.15) is 36.8 Å². The van der Waals surface area contributed by atoms with Gasteiger partial charge in [-0.05, 0) is 26.3 Å². The normalized spacial score (nSPS) is 11.3. The monoisotopic (exact) mass is 258 g/mol. The van der Waals surface area contributed by atoms with Crippen LogP contribution in [-0.2, 0) is 11.3 Å². The molecule has 1 aromatic heterocycles. The number of benzene rings is 1. The Bertz CT molecular complexity index is 553. The molecule has 0 unspecified atom stereocenters. The maximum absolute atomic E-state index is 11.8. The third-order valence-electron chi connectivity index (χ3n) is 2.45. The summed E-state index contributed by atoms with van der Waals surface area (Å²) in [6, 6.07) is 10.0. The Hall–Kier alpha value is -2.10. The number of carbonyl (C=O) groups excluding carboxylic acids is 1. The first-order chi connectivity index (χ1) is 8.94. The van der Waals surface area contributed by atoms with Gasteiger partial charge >= 0.3 is 5.97 Å². The first-order valence-corrected chi connectivity index (χ1v) is 6.23. The molecule has 0 aliphatic carbocycles. The van der Waals surface area contributed by atoms with Gasteiger partial charge in [-0.2, -0.15) is 0 Å². The zero-order chi connectivity index (χ0) is 13.9. The number of nitrogens with zero attached hydrogens (tertiary/aromatic N) is 2. The molecule has 0 amide bonds. The highest BCUT2D eigenvalue weighted by Gasteiger charge is 2.19. The standard InChI is InChI=1S/C15H18N2O2/c1-15(2,3)19-14(18)13-10-17(11-16-13)9-12-7-5-4-6-8-12/h4-8,10-11H,9H2,1-3H3. The first kappa shape index (κ1) is 13.3. The largest absolute Gasteiger partial charge is 0.455 e. The van der Waals surface area contributed by atoms with Crippen LogP contribution in [0, 0.1) is 0 Å². The van der Waals surface area contributed by atoms with Crippen LogP contribution in [0.4, 0.5) is 0 Å². The van der Waals surface area contributed by atoms with Crippen LogP contribution in [-0.4, -0.2) is 21.1 Å². The lowest BCUT2D eigenvalue weighted by atomic mass is 10.2. The van der Waals surface area contributed by atoms with Crippen molar-refractivity contribution >= 4 is 5.97 Å². The molecule has 0 saturated heterocycles. The van der Waals surface area contributed by atoms with Gasteiger partial charge in [0, 0.05) is 12.7 Å². The fraction of sp³-hybridized carbons (Fsp3) is 0.333. The Morgan fingerprint density at radius 3 is 2.58 bits per heavy atom. The molecule has 1 heterocycles. The molecule has 4 nitrogen and oxygen atoms in total. The van der Waals surface area contributed by atoms with Crippen molar-refractivity contribution < 1.29 is 9.53 Å². The molecule has 2 aromatic rings. The molecule has 19 heavy (non-hydrogen) atoms. The summed E-state index contributed by atoms with van der Waals surface area (Å²) in [5.41, 5.74) is 1.00. The third-order valence-corrected chi connectivity index (χ3v) is 2.45. The van der Waals surface area contributed by atoms with Crippen LogP contribution in [0.25, 0.3) is 0 Å². The van der Waals surface area contributed by atoms with E-state index >= 15 is 0 Å². The molecular formula is C15H18N2O2. The average molecular weight is 258 g/mol. The number of hydrogen-bond acceptors (Lipinski definition) is 3. The number of carbonyl (C=O) groups is 1. The minimum absolute atomic E-state index is 0.339. The first-order valence-electron chi connectivity index (χ1n) is 6.23. The highest BCUT2D eigenvalue weighted by Crippen LogP contribution is 2.11. The molecule has 0 saturated carbocycles. The van der Waals surface area contributed by atoms with Crippen molar-refractivity contribution in [1.82, 2.24) is 9.55 Å². The SMILES string of the molecule is CC(C)(C)OC(=O)c1cn(Cc2ccccc2)cn1. The highest BCUT2D eigenvalue weighted by atomic mass is 16.6. The Morgan fingerprint density at radius 2 is 1.95 bits per heavy atom. The van der Waals surface area contributed by atoms with Crippen molar-refractivity contribution in [2.24, 2.45) is 0 Å². The van der Waals surface area contributed by atoms with Gasteiger partial charge in [-0.15, -0.1) is 0 Å². The molecule has 0 atom stereocenters. The van der Waals surface area contributed by atoms with Gasteiger partial charge in [-0.25, -0.2) is 9.78 Å². The Balaban J connectivity index is 2.05. The molecule has 0 aliphatic heterocycles. The summed E-state index contributed by atoms with van der Waals surface area (Å²) in [6.45, 7) is 6.21. The minimum Gasteiger partial charge on any atom is -0.455 e. The second-order valence-electron chi connectivity index (χ2n) is 5.42. The summed E-state index contributed by atoms with van der Waals surface area (Å²) in [7, 11) is 0. The molecule has 2 rings (SSSR count). The molecule has 1 aromatic carbocycles. The Kier molecular flexibility index (Phi) is 3.69. The minimum atomic E-state index is -0.500. The van der Waals surface area contributed by atoms with Crippen LogP contribution in [0.5, 0.6) is 0 Å². The van der Waals surface area contributed by atoms with E-state index in [0.29, 0.717) is 12.2 Å². The molecule has 0 N–H and O–H groups in total. The number of rotatable bonds is 3. The second-order valence-corrected chi connectivity index (χ2v) is 5.42. The number of esters is 1. The third kappa shape index (κ3) is 3.95. The van der Waals surface area contributed by atoms with Gasteiger partial charge in [0.1, 0.15) is 5.60 Å². The molecule has 100 valence electrons. The van der Waals surface area contributed by atoms with E-state index in [1.54, 1.807) is 12.5 Å². The van der Waals surface area contributed by atoms with Crippen molar-refractivity contribution in [3.8, 4) is 0 Å². The Morgan fingerprint density at radius 1 is 1.26 bits per heavy atom. The zero-order valence-electron chi connectivity index (χ0n) is 11.5. The highest BCUT2D eigenvalue weighted by molar-refractivity contribution is 5.87. The van der Waals surface area contributed by atoms with Crippen LogP contribution in [0.3, 0.4) is 0 Å². The Labute approximate surface area is 113 Å². The predicted molar refractivity (Wildman–Crippen MR) is 72.9 cm³/mol. The van der Waals surface area contributed by atoms with Crippen molar-refractivity contribution in [3.05, 3.63) is 54.1 Å². The molecule has 0 aliphatic rings. The van der Waals surface area contributed by atoms with E-state index in [-0.39, 0.29) is 5.97 Å². The smallest absolute Gasteiger partial charge is 0.359 e. The van der Waals surface area contributed by atoms with E-state index in [1.807, 2.05) is 55.7 Å². The van der Waals surface area contributed by atoms with Crippen LogP contribution < -0.4 is 0 Å². The van der Waals surface area contributed by atoms with E-state index in [9.17, 15) is 4.79 Å². The van der Waals surface area contributed by atoms with Crippen molar-refractivity contribution in [1.29, 1.82) is 0 Å². The molecule has 0 radical (unpaired) electrons. The average Bonchev–Trinajstić information content (AvgIpc) is 2.77. The fourth-order valence-corrected chi connectivity index (χ4v) is 1.68. The lowest BCUT2D eigenvalue weighted by Gasteiger charge is -2.18. The van der Waals surface area contributed by atoms with Crippen molar-refractivity contribution in [3.63, 3.8) is 0 Å². The summed E-state index contributed by atoms with van der Waals surface area (Å²) in [5, 5.41) is 0. The van der Waals surface area contributed by atoms with Crippen molar-refractivity contribution in [2.45, 2.75) is 32.9 Å². The van der Waals surface area contributed by atoms with Gasteiger partial charge in [0.2, 0.25) is 0 Å². The van der Waals surface area contributed by atoms with Gasteiger partial charge in [-0.1, -0.05) is 30.3 Å². The summed E-state index contributed by atoms with van der Waals surface area (Å²) >= 11 is 0. The van der Waals surface area contributed by atoms with E-state index < -0.39 is 5.60 Å². The molecular weight excluding hydrogens is 240 g/mol. The number of imidazole rings is 1. The van der Waals surface area contributed by atoms with Crippen LogP contribution >= 0.6 is 0 Å². The molecule has 0 spiro atoms. The van der Waals surface area contributed by atoms with E-state index in [0.717, 1.165) is 5.56 Å². The maximum Gasteiger partial charge on any atom is 0.359 e. The van der Waals surface area contributed by atoms with Gasteiger partial charge in [0.05, 0.1) is 6.33 Å². The van der Waals surface area contributed by atoms with E-state index in [1.165, 1.54) is 0 Å².